The van der Waals surface area contributed by atoms with Crippen LogP contribution in [0.3, 0.4) is 0 Å². The van der Waals surface area contributed by atoms with E-state index in [4.69, 9.17) is 16.3 Å². The Balaban J connectivity index is 1.50. The number of nitrogens with zero attached hydrogens (tertiary/aromatic N) is 2. The van der Waals surface area contributed by atoms with E-state index in [9.17, 15) is 9.90 Å². The van der Waals surface area contributed by atoms with Crippen LogP contribution in [0.4, 0.5) is 5.69 Å². The number of allylic oxidation sites excluding steroid dienone is 4. The number of carbonyl (C=O) groups excluding carboxylic acids is 1. The van der Waals surface area contributed by atoms with Gasteiger partial charge in [-0.2, -0.15) is 0 Å². The third kappa shape index (κ3) is 4.68. The van der Waals surface area contributed by atoms with Crippen LogP contribution >= 0.6 is 11.6 Å². The third-order valence-corrected chi connectivity index (χ3v) is 6.17. The molecule has 2 heterocycles. The first-order chi connectivity index (χ1) is 15.1. The first kappa shape index (κ1) is 21.6. The smallest absolute Gasteiger partial charge is 0.232 e. The average molecular weight is 439 g/mol. The first-order valence-corrected chi connectivity index (χ1v) is 11.2. The van der Waals surface area contributed by atoms with E-state index in [2.05, 4.69) is 22.9 Å². The van der Waals surface area contributed by atoms with E-state index in [0.717, 1.165) is 54.6 Å². The van der Waals surface area contributed by atoms with Crippen LogP contribution < -0.4 is 9.64 Å². The van der Waals surface area contributed by atoms with Crippen LogP contribution in [0.2, 0.25) is 5.02 Å². The molecule has 0 amide bonds. The van der Waals surface area contributed by atoms with E-state index >= 15 is 0 Å². The van der Waals surface area contributed by atoms with Gasteiger partial charge in [-0.25, -0.2) is 4.98 Å². The summed E-state index contributed by atoms with van der Waals surface area (Å²) in [6.07, 6.45) is 9.38. The number of anilines is 1. The maximum atomic E-state index is 13.1. The molecule has 1 saturated heterocycles. The van der Waals surface area contributed by atoms with Crippen molar-refractivity contribution >= 4 is 23.1 Å². The van der Waals surface area contributed by atoms with Crippen molar-refractivity contribution in [3.05, 3.63) is 76.0 Å². The minimum absolute atomic E-state index is 0.0291. The van der Waals surface area contributed by atoms with Gasteiger partial charge in [0, 0.05) is 41.5 Å². The van der Waals surface area contributed by atoms with Crippen molar-refractivity contribution in [2.75, 3.05) is 18.0 Å². The number of aromatic nitrogens is 1. The SMILES string of the molecule is CCC1=CCCC=C1C(=O)c1ccc(N2CCC(Oc3ncccc3Cl)C2)c(CO)c1. The molecule has 4 rings (SSSR count). The van der Waals surface area contributed by atoms with Crippen LogP contribution in [-0.4, -0.2) is 35.1 Å². The van der Waals surface area contributed by atoms with E-state index in [-0.39, 0.29) is 18.5 Å². The standard InChI is InChI=1S/C25H27ClN2O3/c1-2-17-6-3-4-7-21(17)24(30)18-9-10-23(19(14-18)16-29)28-13-11-20(15-28)31-25-22(26)8-5-12-27-25/h5-10,12,14,20,29H,2-4,11,13,15-16H2,1H3. The highest BCUT2D eigenvalue weighted by molar-refractivity contribution is 6.31. The van der Waals surface area contributed by atoms with Crippen molar-refractivity contribution in [3.8, 4) is 5.88 Å². The van der Waals surface area contributed by atoms with E-state index in [1.165, 1.54) is 0 Å². The summed E-state index contributed by atoms with van der Waals surface area (Å²) in [7, 11) is 0. The lowest BCUT2D eigenvalue weighted by Crippen LogP contribution is -2.26. The highest BCUT2D eigenvalue weighted by Gasteiger charge is 2.27. The molecule has 1 atom stereocenters. The fourth-order valence-electron chi connectivity index (χ4n) is 4.28. The number of aliphatic hydroxyl groups is 1. The Kier molecular flexibility index (Phi) is 6.73. The Morgan fingerprint density at radius 2 is 2.13 bits per heavy atom. The number of hydrogen-bond donors (Lipinski definition) is 1. The molecule has 6 heteroatoms. The van der Waals surface area contributed by atoms with Crippen molar-refractivity contribution in [2.24, 2.45) is 0 Å². The molecule has 31 heavy (non-hydrogen) atoms. The molecule has 2 aliphatic rings. The summed E-state index contributed by atoms with van der Waals surface area (Å²) in [5.41, 5.74) is 4.21. The van der Waals surface area contributed by atoms with Crippen molar-refractivity contribution in [1.29, 1.82) is 0 Å². The molecule has 2 aromatic rings. The number of aliphatic hydroxyl groups excluding tert-OH is 1. The van der Waals surface area contributed by atoms with Crippen LogP contribution in [-0.2, 0) is 6.61 Å². The Bertz CT molecular complexity index is 1030. The number of ketones is 1. The van der Waals surface area contributed by atoms with Crippen LogP contribution in [0.25, 0.3) is 0 Å². The normalized spacial score (nSPS) is 18.5. The highest BCUT2D eigenvalue weighted by Crippen LogP contribution is 2.31. The number of pyridine rings is 1. The van der Waals surface area contributed by atoms with E-state index in [1.54, 1.807) is 18.3 Å². The van der Waals surface area contributed by atoms with Gasteiger partial charge in [-0.3, -0.25) is 4.79 Å². The number of benzene rings is 1. The van der Waals surface area contributed by atoms with E-state index < -0.39 is 0 Å². The maximum absolute atomic E-state index is 13.1. The molecule has 1 fully saturated rings. The molecule has 1 N–H and O–H groups in total. The number of rotatable bonds is 7. The third-order valence-electron chi connectivity index (χ3n) is 5.88. The minimum Gasteiger partial charge on any atom is -0.471 e. The fraction of sp³-hybridized carbons (Fsp3) is 0.360. The molecule has 0 bridgehead atoms. The molecule has 1 aromatic heterocycles. The zero-order chi connectivity index (χ0) is 21.8. The van der Waals surface area contributed by atoms with Gasteiger partial charge < -0.3 is 14.7 Å². The van der Waals surface area contributed by atoms with E-state index in [0.29, 0.717) is 23.0 Å². The molecule has 1 unspecified atom stereocenters. The summed E-state index contributed by atoms with van der Waals surface area (Å²) in [6.45, 7) is 3.41. The van der Waals surface area contributed by atoms with Gasteiger partial charge in [0.05, 0.1) is 13.2 Å². The van der Waals surface area contributed by atoms with Gasteiger partial charge in [-0.1, -0.05) is 30.7 Å². The monoisotopic (exact) mass is 438 g/mol. The predicted octanol–water partition coefficient (Wildman–Crippen LogP) is 5.12. The summed E-state index contributed by atoms with van der Waals surface area (Å²) in [5, 5.41) is 10.5. The molecule has 0 radical (unpaired) electrons. The van der Waals surface area contributed by atoms with Gasteiger partial charge in [-0.05, 0) is 55.2 Å². The summed E-state index contributed by atoms with van der Waals surface area (Å²) >= 11 is 6.16. The summed E-state index contributed by atoms with van der Waals surface area (Å²) in [5.74, 6) is 0.473. The van der Waals surface area contributed by atoms with Crippen molar-refractivity contribution in [2.45, 2.75) is 45.3 Å². The summed E-state index contributed by atoms with van der Waals surface area (Å²) in [6, 6.07) is 9.16. The lowest BCUT2D eigenvalue weighted by molar-refractivity contribution is 0.103. The lowest BCUT2D eigenvalue weighted by atomic mass is 9.89. The number of ether oxygens (including phenoxy) is 1. The van der Waals surface area contributed by atoms with Gasteiger partial charge in [0.25, 0.3) is 0 Å². The molecule has 1 aliphatic carbocycles. The quantitative estimate of drug-likeness (QED) is 0.607. The Labute approximate surface area is 188 Å². The topological polar surface area (TPSA) is 62.7 Å². The second kappa shape index (κ2) is 9.67. The molecular formula is C25H27ClN2O3. The van der Waals surface area contributed by atoms with E-state index in [1.807, 2.05) is 24.3 Å². The summed E-state index contributed by atoms with van der Waals surface area (Å²) < 4.78 is 5.98. The van der Waals surface area contributed by atoms with Gasteiger partial charge in [0.2, 0.25) is 5.88 Å². The fourth-order valence-corrected chi connectivity index (χ4v) is 4.44. The zero-order valence-electron chi connectivity index (χ0n) is 17.7. The maximum Gasteiger partial charge on any atom is 0.232 e. The largest absolute Gasteiger partial charge is 0.471 e. The molecule has 0 saturated carbocycles. The summed E-state index contributed by atoms with van der Waals surface area (Å²) in [4.78, 5) is 19.5. The first-order valence-electron chi connectivity index (χ1n) is 10.8. The van der Waals surface area contributed by atoms with Crippen molar-refractivity contribution in [1.82, 2.24) is 4.98 Å². The average Bonchev–Trinajstić information content (AvgIpc) is 3.28. The van der Waals surface area contributed by atoms with Crippen molar-refractivity contribution in [3.63, 3.8) is 0 Å². The van der Waals surface area contributed by atoms with Crippen LogP contribution in [0.1, 0.15) is 48.5 Å². The Hall–Kier alpha value is -2.63. The number of carbonyl (C=O) groups is 1. The molecule has 162 valence electrons. The number of halogens is 1. The minimum atomic E-state index is -0.125. The van der Waals surface area contributed by atoms with Crippen LogP contribution in [0.5, 0.6) is 5.88 Å². The second-order valence-electron chi connectivity index (χ2n) is 7.87. The molecule has 0 spiro atoms. The highest BCUT2D eigenvalue weighted by atomic mass is 35.5. The van der Waals surface area contributed by atoms with Gasteiger partial charge in [0.15, 0.2) is 5.78 Å². The van der Waals surface area contributed by atoms with Gasteiger partial charge in [-0.15, -0.1) is 0 Å². The molecule has 1 aliphatic heterocycles. The number of Topliss-reactive ketones (excluding diaryl/α,β-unsaturated/α-hetero) is 1. The lowest BCUT2D eigenvalue weighted by Gasteiger charge is -2.22. The van der Waals surface area contributed by atoms with Gasteiger partial charge in [0.1, 0.15) is 11.1 Å². The zero-order valence-corrected chi connectivity index (χ0v) is 18.4. The molecular weight excluding hydrogens is 412 g/mol. The van der Waals surface area contributed by atoms with Crippen molar-refractivity contribution < 1.29 is 14.6 Å². The Morgan fingerprint density at radius 3 is 2.90 bits per heavy atom. The molecule has 1 aromatic carbocycles. The number of hydrogen-bond acceptors (Lipinski definition) is 5. The van der Waals surface area contributed by atoms with Gasteiger partial charge >= 0.3 is 0 Å². The predicted molar refractivity (Wildman–Crippen MR) is 123 cm³/mol. The second-order valence-corrected chi connectivity index (χ2v) is 8.28. The van der Waals surface area contributed by atoms with Crippen LogP contribution in [0.15, 0.2) is 59.8 Å². The molecule has 5 nitrogen and oxygen atoms in total. The van der Waals surface area contributed by atoms with Crippen LogP contribution in [0, 0.1) is 0 Å². The Morgan fingerprint density at radius 1 is 1.29 bits per heavy atom.